The van der Waals surface area contributed by atoms with Crippen LogP contribution in [0.4, 0.5) is 4.39 Å². The zero-order valence-electron chi connectivity index (χ0n) is 7.43. The first kappa shape index (κ1) is 10.7. The van der Waals surface area contributed by atoms with Gasteiger partial charge in [-0.25, -0.2) is 4.39 Å². The summed E-state index contributed by atoms with van der Waals surface area (Å²) in [7, 11) is 0. The lowest BCUT2D eigenvalue weighted by molar-refractivity contribution is 0.171. The molecule has 0 saturated heterocycles. The number of aliphatic hydroxyl groups excluding tert-OH is 1. The van der Waals surface area contributed by atoms with Gasteiger partial charge in [0.1, 0.15) is 5.82 Å². The minimum atomic E-state index is -0.336. The van der Waals surface area contributed by atoms with Crippen LogP contribution in [0.25, 0.3) is 0 Å². The maximum Gasteiger partial charge on any atom is 0.137 e. The quantitative estimate of drug-likeness (QED) is 0.870. The fourth-order valence-electron chi connectivity index (χ4n) is 1.08. The zero-order valence-corrected chi connectivity index (χ0v) is 9.01. The van der Waals surface area contributed by atoms with Crippen LogP contribution in [-0.4, -0.2) is 11.2 Å². The molecular weight excluding hydrogens is 235 g/mol. The number of rotatable bonds is 3. The van der Waals surface area contributed by atoms with Crippen molar-refractivity contribution >= 4 is 15.9 Å². The van der Waals surface area contributed by atoms with Crippen LogP contribution in [0, 0.1) is 5.82 Å². The van der Waals surface area contributed by atoms with Gasteiger partial charge in [-0.15, -0.1) is 0 Å². The van der Waals surface area contributed by atoms with Crippen molar-refractivity contribution in [2.24, 2.45) is 0 Å². The SMILES string of the molecule is CCC(O)Cc1ccc(F)c(Br)c1. The van der Waals surface area contributed by atoms with Crippen molar-refractivity contribution in [2.45, 2.75) is 25.9 Å². The highest BCUT2D eigenvalue weighted by atomic mass is 79.9. The minimum absolute atomic E-state index is 0.269. The lowest BCUT2D eigenvalue weighted by Gasteiger charge is -2.07. The van der Waals surface area contributed by atoms with Crippen molar-refractivity contribution in [1.82, 2.24) is 0 Å². The number of benzene rings is 1. The third-order valence-electron chi connectivity index (χ3n) is 1.93. The van der Waals surface area contributed by atoms with Crippen molar-refractivity contribution < 1.29 is 9.50 Å². The van der Waals surface area contributed by atoms with E-state index in [-0.39, 0.29) is 11.9 Å². The van der Waals surface area contributed by atoms with Crippen molar-refractivity contribution in [3.8, 4) is 0 Å². The van der Waals surface area contributed by atoms with Gasteiger partial charge in [-0.05, 0) is 46.5 Å². The molecule has 1 N–H and O–H groups in total. The largest absolute Gasteiger partial charge is 0.393 e. The van der Waals surface area contributed by atoms with Gasteiger partial charge in [0, 0.05) is 0 Å². The normalized spacial score (nSPS) is 12.9. The van der Waals surface area contributed by atoms with Crippen LogP contribution < -0.4 is 0 Å². The van der Waals surface area contributed by atoms with E-state index in [1.807, 2.05) is 6.92 Å². The molecule has 0 aliphatic rings. The first-order valence-electron chi connectivity index (χ1n) is 4.25. The summed E-state index contributed by atoms with van der Waals surface area (Å²) in [4.78, 5) is 0. The monoisotopic (exact) mass is 246 g/mol. The van der Waals surface area contributed by atoms with Gasteiger partial charge in [-0.1, -0.05) is 13.0 Å². The summed E-state index contributed by atoms with van der Waals surface area (Å²) in [6.07, 6.45) is 0.960. The van der Waals surface area contributed by atoms with E-state index in [2.05, 4.69) is 15.9 Å². The molecule has 1 unspecified atom stereocenters. The fourth-order valence-corrected chi connectivity index (χ4v) is 1.51. The van der Waals surface area contributed by atoms with Crippen molar-refractivity contribution in [3.05, 3.63) is 34.1 Å². The number of aliphatic hydroxyl groups is 1. The molecule has 0 aromatic heterocycles. The van der Waals surface area contributed by atoms with Crippen LogP contribution in [0.1, 0.15) is 18.9 Å². The highest BCUT2D eigenvalue weighted by Gasteiger charge is 2.05. The predicted molar refractivity (Wildman–Crippen MR) is 54.1 cm³/mol. The Kier molecular flexibility index (Phi) is 3.88. The molecule has 1 atom stereocenters. The molecule has 0 radical (unpaired) electrons. The molecular formula is C10H12BrFO. The average Bonchev–Trinajstić information content (AvgIpc) is 2.11. The van der Waals surface area contributed by atoms with Crippen LogP contribution >= 0.6 is 15.9 Å². The van der Waals surface area contributed by atoms with Gasteiger partial charge in [0.2, 0.25) is 0 Å². The average molecular weight is 247 g/mol. The number of halogens is 2. The zero-order chi connectivity index (χ0) is 9.84. The Labute approximate surface area is 85.7 Å². The van der Waals surface area contributed by atoms with Gasteiger partial charge < -0.3 is 5.11 Å². The summed E-state index contributed by atoms with van der Waals surface area (Å²) in [6.45, 7) is 1.92. The summed E-state index contributed by atoms with van der Waals surface area (Å²) >= 11 is 3.10. The molecule has 0 aliphatic carbocycles. The van der Waals surface area contributed by atoms with E-state index in [0.717, 1.165) is 12.0 Å². The smallest absolute Gasteiger partial charge is 0.137 e. The fraction of sp³-hybridized carbons (Fsp3) is 0.400. The van der Waals surface area contributed by atoms with Gasteiger partial charge >= 0.3 is 0 Å². The molecule has 1 rings (SSSR count). The molecule has 0 aliphatic heterocycles. The summed E-state index contributed by atoms with van der Waals surface area (Å²) in [6, 6.07) is 4.80. The van der Waals surface area contributed by atoms with Crippen LogP contribution in [-0.2, 0) is 6.42 Å². The molecule has 1 nitrogen and oxygen atoms in total. The van der Waals surface area contributed by atoms with Crippen molar-refractivity contribution in [1.29, 1.82) is 0 Å². The van der Waals surface area contributed by atoms with E-state index in [1.54, 1.807) is 12.1 Å². The minimum Gasteiger partial charge on any atom is -0.393 e. The molecule has 0 spiro atoms. The Balaban J connectivity index is 2.73. The highest BCUT2D eigenvalue weighted by Crippen LogP contribution is 2.18. The Bertz CT molecular complexity index is 288. The van der Waals surface area contributed by atoms with Gasteiger partial charge in [-0.3, -0.25) is 0 Å². The van der Waals surface area contributed by atoms with Gasteiger partial charge in [0.15, 0.2) is 0 Å². The van der Waals surface area contributed by atoms with E-state index in [9.17, 15) is 9.50 Å². The lowest BCUT2D eigenvalue weighted by Crippen LogP contribution is -2.08. The second kappa shape index (κ2) is 4.72. The Morgan fingerprint density at radius 2 is 2.23 bits per heavy atom. The van der Waals surface area contributed by atoms with E-state index >= 15 is 0 Å². The first-order valence-corrected chi connectivity index (χ1v) is 5.04. The Morgan fingerprint density at radius 3 is 2.77 bits per heavy atom. The molecule has 0 heterocycles. The third-order valence-corrected chi connectivity index (χ3v) is 2.53. The van der Waals surface area contributed by atoms with Crippen LogP contribution in [0.5, 0.6) is 0 Å². The summed E-state index contributed by atoms with van der Waals surface area (Å²) < 4.78 is 13.3. The second-order valence-corrected chi connectivity index (χ2v) is 3.87. The van der Waals surface area contributed by atoms with Crippen LogP contribution in [0.15, 0.2) is 22.7 Å². The summed E-state index contributed by atoms with van der Waals surface area (Å²) in [5, 5.41) is 9.36. The standard InChI is InChI=1S/C10H12BrFO/c1-2-8(13)5-7-3-4-10(12)9(11)6-7/h3-4,6,8,13H,2,5H2,1H3. The number of hydrogen-bond donors (Lipinski definition) is 1. The molecule has 0 fully saturated rings. The highest BCUT2D eigenvalue weighted by molar-refractivity contribution is 9.10. The van der Waals surface area contributed by atoms with Gasteiger partial charge in [-0.2, -0.15) is 0 Å². The van der Waals surface area contributed by atoms with Crippen LogP contribution in [0.2, 0.25) is 0 Å². The summed E-state index contributed by atoms with van der Waals surface area (Å²) in [5.74, 6) is -0.269. The summed E-state index contributed by atoms with van der Waals surface area (Å²) in [5.41, 5.74) is 0.947. The molecule has 13 heavy (non-hydrogen) atoms. The molecule has 0 saturated carbocycles. The topological polar surface area (TPSA) is 20.2 Å². The number of hydrogen-bond acceptors (Lipinski definition) is 1. The van der Waals surface area contributed by atoms with Crippen molar-refractivity contribution in [2.75, 3.05) is 0 Å². The van der Waals surface area contributed by atoms with Gasteiger partial charge in [0.05, 0.1) is 10.6 Å². The molecule has 72 valence electrons. The predicted octanol–water partition coefficient (Wildman–Crippen LogP) is 2.90. The second-order valence-electron chi connectivity index (χ2n) is 3.01. The third kappa shape index (κ3) is 3.08. The first-order chi connectivity index (χ1) is 6.13. The van der Waals surface area contributed by atoms with E-state index in [0.29, 0.717) is 10.9 Å². The Hall–Kier alpha value is -0.410. The van der Waals surface area contributed by atoms with E-state index < -0.39 is 0 Å². The molecule has 0 amide bonds. The Morgan fingerprint density at radius 1 is 1.54 bits per heavy atom. The molecule has 1 aromatic carbocycles. The van der Waals surface area contributed by atoms with Crippen LogP contribution in [0.3, 0.4) is 0 Å². The van der Waals surface area contributed by atoms with Crippen molar-refractivity contribution in [3.63, 3.8) is 0 Å². The van der Waals surface area contributed by atoms with E-state index in [4.69, 9.17) is 0 Å². The maximum absolute atomic E-state index is 12.8. The molecule has 1 aromatic rings. The molecule has 3 heteroatoms. The molecule has 0 bridgehead atoms. The van der Waals surface area contributed by atoms with Gasteiger partial charge in [0.25, 0.3) is 0 Å². The maximum atomic E-state index is 12.8. The van der Waals surface area contributed by atoms with E-state index in [1.165, 1.54) is 6.07 Å². The lowest BCUT2D eigenvalue weighted by atomic mass is 10.1.